The highest BCUT2D eigenvalue weighted by atomic mass is 35.5. The second-order valence-electron chi connectivity index (χ2n) is 7.73. The lowest BCUT2D eigenvalue weighted by Gasteiger charge is -2.34. The average molecular weight is 591 g/mol. The molecule has 1 aromatic carbocycles. The predicted octanol–water partition coefficient (Wildman–Crippen LogP) is 3.77. The van der Waals surface area contributed by atoms with Gasteiger partial charge < -0.3 is 4.74 Å². The number of likely N-dealkylation sites (tertiary alicyclic amines) is 1. The standard InChI is InChI=1S/C19H10Cl6N2O7/c20-13-14(21)18(23)12-11(17(13,22)19(18,24)25)15(30)26(16(12)31)5-10(29)34-6-9(28)7-1-3-8(4-2-7)27(32)33/h1-4,11-12H,5-6H2/t11-,12+,17-,18-/m1/s1. The number of alkyl halides is 4. The highest BCUT2D eigenvalue weighted by Gasteiger charge is 2.87. The Kier molecular flexibility index (Phi) is 6.15. The molecule has 0 radical (unpaired) electrons. The number of benzene rings is 1. The Bertz CT molecular complexity index is 1160. The quantitative estimate of drug-likeness (QED) is 0.123. The van der Waals surface area contributed by atoms with Crippen molar-refractivity contribution >= 4 is 98.9 Å². The largest absolute Gasteiger partial charge is 0.456 e. The van der Waals surface area contributed by atoms with Crippen LogP contribution in [0.4, 0.5) is 5.69 Å². The van der Waals surface area contributed by atoms with Crippen LogP contribution < -0.4 is 0 Å². The summed E-state index contributed by atoms with van der Waals surface area (Å²) in [4.78, 5) is 57.2. The maximum Gasteiger partial charge on any atom is 0.326 e. The van der Waals surface area contributed by atoms with Gasteiger partial charge in [-0.2, -0.15) is 0 Å². The second-order valence-corrected chi connectivity index (χ2v) is 11.0. The summed E-state index contributed by atoms with van der Waals surface area (Å²) >= 11 is 38.2. The van der Waals surface area contributed by atoms with Gasteiger partial charge in [-0.05, 0) is 12.1 Å². The molecule has 0 spiro atoms. The zero-order valence-electron chi connectivity index (χ0n) is 16.4. The van der Waals surface area contributed by atoms with Crippen LogP contribution >= 0.6 is 69.6 Å². The van der Waals surface area contributed by atoms with Gasteiger partial charge in [-0.25, -0.2) is 0 Å². The minimum atomic E-state index is -2.10. The fourth-order valence-corrected chi connectivity index (χ4v) is 7.31. The number of allylic oxidation sites excluding steroid dienone is 2. The van der Waals surface area contributed by atoms with Crippen LogP contribution in [-0.2, 0) is 19.1 Å². The maximum absolute atomic E-state index is 13.0. The number of ketones is 1. The first kappa shape index (κ1) is 25.5. The van der Waals surface area contributed by atoms with Gasteiger partial charge in [0.25, 0.3) is 5.69 Å². The van der Waals surface area contributed by atoms with Crippen molar-refractivity contribution < 1.29 is 28.8 Å². The van der Waals surface area contributed by atoms with Crippen molar-refractivity contribution in [3.63, 3.8) is 0 Å². The molecule has 1 saturated carbocycles. The number of hydrogen-bond acceptors (Lipinski definition) is 7. The summed E-state index contributed by atoms with van der Waals surface area (Å²) in [6.07, 6.45) is 0. The first-order chi connectivity index (χ1) is 15.7. The van der Waals surface area contributed by atoms with E-state index in [0.29, 0.717) is 4.90 Å². The number of Topliss-reactive ketones (excluding diaryl/α,β-unsaturated/α-hetero) is 1. The molecule has 1 saturated heterocycles. The van der Waals surface area contributed by atoms with Crippen LogP contribution in [0, 0.1) is 22.0 Å². The van der Waals surface area contributed by atoms with Crippen LogP contribution in [0.25, 0.3) is 0 Å². The Balaban J connectivity index is 1.46. The lowest BCUT2D eigenvalue weighted by Crippen LogP contribution is -2.50. The number of hydrogen-bond donors (Lipinski definition) is 0. The molecule has 34 heavy (non-hydrogen) atoms. The molecule has 3 aliphatic rings. The molecule has 1 aromatic rings. The molecule has 4 atom stereocenters. The third kappa shape index (κ3) is 3.14. The number of nitrogens with zero attached hydrogens (tertiary/aromatic N) is 2. The number of imide groups is 1. The van der Waals surface area contributed by atoms with Crippen LogP contribution in [0.2, 0.25) is 0 Å². The van der Waals surface area contributed by atoms with Gasteiger partial charge in [0, 0.05) is 17.7 Å². The molecule has 0 N–H and O–H groups in total. The highest BCUT2D eigenvalue weighted by molar-refractivity contribution is 6.66. The van der Waals surface area contributed by atoms with Crippen molar-refractivity contribution in [3.8, 4) is 0 Å². The molecule has 2 bridgehead atoms. The van der Waals surface area contributed by atoms with E-state index in [2.05, 4.69) is 0 Å². The van der Waals surface area contributed by atoms with Crippen LogP contribution in [0.15, 0.2) is 34.3 Å². The lowest BCUT2D eigenvalue weighted by molar-refractivity contribution is -0.384. The van der Waals surface area contributed by atoms with Gasteiger partial charge in [-0.3, -0.25) is 34.2 Å². The van der Waals surface area contributed by atoms with Crippen LogP contribution in [-0.4, -0.2) is 60.6 Å². The van der Waals surface area contributed by atoms with E-state index < -0.39 is 67.6 Å². The first-order valence-corrected chi connectivity index (χ1v) is 11.6. The van der Waals surface area contributed by atoms with E-state index in [1.54, 1.807) is 0 Å². The normalized spacial score (nSPS) is 31.2. The van der Waals surface area contributed by atoms with Gasteiger partial charge in [0.05, 0.1) is 26.8 Å². The molecule has 2 amide bonds. The SMILES string of the molecule is O=C(CN1C(=O)[C@@H]2[C@H](C1=O)[C@@]1(Cl)C(Cl)=C(Cl)[C@@]2(Cl)C1(Cl)Cl)OCC(=O)c1ccc([N+](=O)[O-])cc1. The summed E-state index contributed by atoms with van der Waals surface area (Å²) in [5.41, 5.74) is -0.164. The first-order valence-electron chi connectivity index (χ1n) is 9.31. The number of nitro groups is 1. The third-order valence-corrected chi connectivity index (χ3v) is 10.3. The highest BCUT2D eigenvalue weighted by Crippen LogP contribution is 2.77. The van der Waals surface area contributed by atoms with E-state index in [1.165, 1.54) is 12.1 Å². The van der Waals surface area contributed by atoms with Crippen molar-refractivity contribution in [2.75, 3.05) is 13.2 Å². The van der Waals surface area contributed by atoms with E-state index in [0.717, 1.165) is 12.1 Å². The molecule has 1 heterocycles. The fraction of sp³-hybridized carbons (Fsp3) is 0.368. The molecule has 1 aliphatic heterocycles. The van der Waals surface area contributed by atoms with Crippen molar-refractivity contribution in [2.24, 2.45) is 11.8 Å². The number of halogens is 6. The summed E-state index contributed by atoms with van der Waals surface area (Å²) in [7, 11) is 0. The van der Waals surface area contributed by atoms with Crippen LogP contribution in [0.5, 0.6) is 0 Å². The number of rotatable bonds is 6. The Morgan fingerprint density at radius 1 is 0.971 bits per heavy atom. The number of ether oxygens (including phenoxy) is 1. The molecule has 0 unspecified atom stereocenters. The molecule has 2 aliphatic carbocycles. The van der Waals surface area contributed by atoms with Crippen molar-refractivity contribution in [2.45, 2.75) is 14.1 Å². The maximum atomic E-state index is 13.0. The molecule has 15 heteroatoms. The number of nitro benzene ring substituents is 1. The monoisotopic (exact) mass is 588 g/mol. The third-order valence-electron chi connectivity index (χ3n) is 6.05. The Hall–Kier alpha value is -1.62. The Morgan fingerprint density at radius 2 is 1.44 bits per heavy atom. The molecule has 4 rings (SSSR count). The summed E-state index contributed by atoms with van der Waals surface area (Å²) in [5.74, 6) is -6.33. The Morgan fingerprint density at radius 3 is 1.88 bits per heavy atom. The van der Waals surface area contributed by atoms with Gasteiger partial charge in [-0.15, -0.1) is 23.2 Å². The smallest absolute Gasteiger partial charge is 0.326 e. The minimum Gasteiger partial charge on any atom is -0.456 e. The number of fused-ring (bicyclic) bond motifs is 5. The van der Waals surface area contributed by atoms with E-state index in [1.807, 2.05) is 0 Å². The van der Waals surface area contributed by atoms with E-state index >= 15 is 0 Å². The summed E-state index contributed by atoms with van der Waals surface area (Å²) in [6.45, 7) is -1.57. The fourth-order valence-electron chi connectivity index (χ4n) is 4.38. The molecule has 0 aromatic heterocycles. The van der Waals surface area contributed by atoms with Gasteiger partial charge in [-0.1, -0.05) is 46.4 Å². The molecular formula is C19H10Cl6N2O7. The van der Waals surface area contributed by atoms with Crippen molar-refractivity contribution in [3.05, 3.63) is 50.0 Å². The molecule has 180 valence electrons. The van der Waals surface area contributed by atoms with Crippen LogP contribution in [0.1, 0.15) is 10.4 Å². The average Bonchev–Trinajstić information content (AvgIpc) is 3.16. The number of non-ortho nitro benzene ring substituents is 1. The predicted molar refractivity (Wildman–Crippen MR) is 122 cm³/mol. The molecule has 9 nitrogen and oxygen atoms in total. The van der Waals surface area contributed by atoms with Crippen LogP contribution in [0.3, 0.4) is 0 Å². The molecular weight excluding hydrogens is 581 g/mol. The second kappa shape index (κ2) is 8.21. The summed E-state index contributed by atoms with van der Waals surface area (Å²) in [5, 5.41) is 10.2. The Labute approximate surface area is 220 Å². The zero-order chi connectivity index (χ0) is 25.4. The number of amides is 2. The van der Waals surface area contributed by atoms with E-state index in [9.17, 15) is 29.3 Å². The molecule has 2 fully saturated rings. The van der Waals surface area contributed by atoms with E-state index in [-0.39, 0.29) is 21.3 Å². The van der Waals surface area contributed by atoms with Crippen molar-refractivity contribution in [1.82, 2.24) is 4.90 Å². The number of esters is 1. The topological polar surface area (TPSA) is 124 Å². The van der Waals surface area contributed by atoms with Gasteiger partial charge in [0.15, 0.2) is 16.7 Å². The lowest BCUT2D eigenvalue weighted by atomic mass is 9.84. The van der Waals surface area contributed by atoms with E-state index in [4.69, 9.17) is 74.3 Å². The minimum absolute atomic E-state index is 0.0573. The number of carbonyl (C=O) groups is 4. The van der Waals surface area contributed by atoms with Gasteiger partial charge in [0.1, 0.15) is 16.3 Å². The van der Waals surface area contributed by atoms with Crippen molar-refractivity contribution in [1.29, 1.82) is 0 Å². The number of carbonyl (C=O) groups excluding carboxylic acids is 4. The van der Waals surface area contributed by atoms with Gasteiger partial charge >= 0.3 is 5.97 Å². The zero-order valence-corrected chi connectivity index (χ0v) is 20.9. The summed E-state index contributed by atoms with van der Waals surface area (Å²) < 4.78 is 2.77. The summed E-state index contributed by atoms with van der Waals surface area (Å²) in [6, 6.07) is 4.63. The van der Waals surface area contributed by atoms with Gasteiger partial charge in [0.2, 0.25) is 11.8 Å².